The van der Waals surface area contributed by atoms with Crippen LogP contribution in [0.15, 0.2) is 73.1 Å². The number of nitrogens with zero attached hydrogens (tertiary/aromatic N) is 7. The Balaban J connectivity index is 1.61. The van der Waals surface area contributed by atoms with Gasteiger partial charge in [-0.3, -0.25) is 4.48 Å². The van der Waals surface area contributed by atoms with Crippen molar-refractivity contribution in [3.8, 4) is 12.1 Å². The maximum Gasteiger partial charge on any atom is 0.417 e. The topological polar surface area (TPSA) is 96.9 Å². The Labute approximate surface area is 299 Å². The molecule has 264 valence electrons. The second kappa shape index (κ2) is 14.4. The number of amides is 2. The first-order valence-electron chi connectivity index (χ1n) is 15.4. The van der Waals surface area contributed by atoms with E-state index in [-0.39, 0.29) is 47.9 Å². The number of carbonyl (C=O) groups excluding carboxylic acids is 1. The van der Waals surface area contributed by atoms with Crippen LogP contribution in [0.4, 0.5) is 42.5 Å². The van der Waals surface area contributed by atoms with Gasteiger partial charge in [-0.1, -0.05) is 35.3 Å². The SMILES string of the molecule is C[C@@H]1C[N+](c2ccc(C#N)c(C(F)(F)F)c2)(c2ccc(C#N)c(C(F)(F)F)c2)[C@@H](C)CN1C(=O)N(Cc1ccc(Cl)nc1)Cc1ccc(Cl)nc1. The van der Waals surface area contributed by atoms with Crippen molar-refractivity contribution in [2.75, 3.05) is 13.1 Å². The van der Waals surface area contributed by atoms with E-state index in [1.54, 1.807) is 38.1 Å². The van der Waals surface area contributed by atoms with Crippen molar-refractivity contribution in [2.24, 2.45) is 0 Å². The van der Waals surface area contributed by atoms with Crippen molar-refractivity contribution in [1.82, 2.24) is 24.3 Å². The molecule has 5 rings (SSSR count). The maximum absolute atomic E-state index is 14.4. The number of benzene rings is 2. The molecule has 16 heteroatoms. The Kier molecular flexibility index (Phi) is 10.5. The number of alkyl halides is 6. The quantitative estimate of drug-likeness (QED) is 0.111. The van der Waals surface area contributed by atoms with Gasteiger partial charge in [0.15, 0.2) is 0 Å². The minimum Gasteiger partial charge on any atom is -0.316 e. The van der Waals surface area contributed by atoms with Crippen LogP contribution in [-0.2, 0) is 25.4 Å². The van der Waals surface area contributed by atoms with Crippen molar-refractivity contribution < 1.29 is 31.1 Å². The molecule has 1 saturated heterocycles. The normalized spacial score (nSPS) is 17.4. The first kappa shape index (κ1) is 37.4. The van der Waals surface area contributed by atoms with Crippen LogP contribution in [0.5, 0.6) is 0 Å². The van der Waals surface area contributed by atoms with Gasteiger partial charge in [-0.25, -0.2) is 14.8 Å². The number of piperazine rings is 1. The summed E-state index contributed by atoms with van der Waals surface area (Å²) in [5.74, 6) is 0. The molecule has 2 atom stereocenters. The zero-order valence-corrected chi connectivity index (χ0v) is 28.5. The van der Waals surface area contributed by atoms with Crippen molar-refractivity contribution in [3.63, 3.8) is 0 Å². The average molecular weight is 748 g/mol. The van der Waals surface area contributed by atoms with Crippen LogP contribution in [0.25, 0.3) is 0 Å². The molecule has 1 aliphatic rings. The van der Waals surface area contributed by atoms with Crippen LogP contribution in [-0.4, -0.2) is 51.0 Å². The van der Waals surface area contributed by atoms with E-state index in [0.29, 0.717) is 11.1 Å². The lowest BCUT2D eigenvalue weighted by Crippen LogP contribution is -2.68. The smallest absolute Gasteiger partial charge is 0.316 e. The first-order chi connectivity index (χ1) is 24.0. The van der Waals surface area contributed by atoms with Gasteiger partial charge in [0.1, 0.15) is 34.3 Å². The zero-order valence-electron chi connectivity index (χ0n) is 27.0. The number of urea groups is 1. The van der Waals surface area contributed by atoms with Crippen LogP contribution in [0.1, 0.15) is 47.2 Å². The molecule has 0 saturated carbocycles. The second-order valence-electron chi connectivity index (χ2n) is 12.2. The minimum atomic E-state index is -4.95. The number of halogens is 8. The molecule has 1 aliphatic heterocycles. The number of rotatable bonds is 6. The largest absolute Gasteiger partial charge is 0.417 e. The summed E-state index contributed by atoms with van der Waals surface area (Å²) in [5.41, 5.74) is -2.59. The van der Waals surface area contributed by atoms with E-state index >= 15 is 0 Å². The highest BCUT2D eigenvalue weighted by molar-refractivity contribution is 6.29. The third-order valence-electron chi connectivity index (χ3n) is 8.92. The summed E-state index contributed by atoms with van der Waals surface area (Å²) in [6.45, 7) is 3.19. The molecule has 0 aliphatic carbocycles. The molecule has 2 amide bonds. The minimum absolute atomic E-state index is 0.0399. The van der Waals surface area contributed by atoms with Gasteiger partial charge in [0.2, 0.25) is 0 Å². The lowest BCUT2D eigenvalue weighted by Gasteiger charge is -2.52. The third kappa shape index (κ3) is 7.73. The monoisotopic (exact) mass is 746 g/mol. The first-order valence-corrected chi connectivity index (χ1v) is 16.1. The summed E-state index contributed by atoms with van der Waals surface area (Å²) < 4.78 is 84.9. The highest BCUT2D eigenvalue weighted by atomic mass is 35.5. The van der Waals surface area contributed by atoms with Crippen LogP contribution in [0.2, 0.25) is 10.3 Å². The summed E-state index contributed by atoms with van der Waals surface area (Å²) in [4.78, 5) is 25.6. The fourth-order valence-electron chi connectivity index (χ4n) is 6.47. The van der Waals surface area contributed by atoms with E-state index in [4.69, 9.17) is 23.2 Å². The molecule has 0 spiro atoms. The molecule has 3 heterocycles. The van der Waals surface area contributed by atoms with Crippen LogP contribution in [0.3, 0.4) is 0 Å². The number of nitriles is 2. The highest BCUT2D eigenvalue weighted by Gasteiger charge is 2.50. The molecule has 2 aromatic carbocycles. The van der Waals surface area contributed by atoms with Crippen molar-refractivity contribution in [1.29, 1.82) is 10.5 Å². The van der Waals surface area contributed by atoms with Crippen LogP contribution in [0, 0.1) is 22.7 Å². The van der Waals surface area contributed by atoms with Crippen molar-refractivity contribution in [2.45, 2.75) is 51.4 Å². The highest BCUT2D eigenvalue weighted by Crippen LogP contribution is 2.46. The molecule has 0 N–H and O–H groups in total. The summed E-state index contributed by atoms with van der Waals surface area (Å²) >= 11 is 11.9. The Morgan fingerprint density at radius 2 is 1.27 bits per heavy atom. The Bertz CT molecular complexity index is 1890. The van der Waals surface area contributed by atoms with Gasteiger partial charge in [0, 0.05) is 49.7 Å². The number of hydrogen-bond acceptors (Lipinski definition) is 5. The Hall–Kier alpha value is -4.89. The number of pyridine rings is 2. The van der Waals surface area contributed by atoms with Gasteiger partial charge in [0.25, 0.3) is 0 Å². The number of quaternary nitrogens is 1. The van der Waals surface area contributed by atoms with E-state index in [0.717, 1.165) is 24.3 Å². The number of carbonyl (C=O) groups is 1. The molecule has 51 heavy (non-hydrogen) atoms. The predicted molar refractivity (Wildman–Crippen MR) is 177 cm³/mol. The summed E-state index contributed by atoms with van der Waals surface area (Å²) in [6, 6.07) is 13.7. The predicted octanol–water partition coefficient (Wildman–Crippen LogP) is 9.12. The van der Waals surface area contributed by atoms with E-state index in [9.17, 15) is 41.7 Å². The average Bonchev–Trinajstić information content (AvgIpc) is 3.09. The molecule has 2 aromatic heterocycles. The fourth-order valence-corrected chi connectivity index (χ4v) is 6.70. The molecular weight excluding hydrogens is 719 g/mol. The lowest BCUT2D eigenvalue weighted by molar-refractivity contribution is -0.138. The van der Waals surface area contributed by atoms with Crippen molar-refractivity contribution in [3.05, 3.63) is 117 Å². The second-order valence-corrected chi connectivity index (χ2v) is 13.0. The Morgan fingerprint density at radius 1 is 0.824 bits per heavy atom. The third-order valence-corrected chi connectivity index (χ3v) is 9.36. The Morgan fingerprint density at radius 3 is 1.65 bits per heavy atom. The van der Waals surface area contributed by atoms with E-state index in [1.807, 2.05) is 0 Å². The molecular formula is C35H28Cl2F6N7O+. The number of hydrogen-bond donors (Lipinski definition) is 0. The lowest BCUT2D eigenvalue weighted by atomic mass is 9.96. The standard InChI is InChI=1S/C35H28Cl2F6N7O/c1-21-20-50(27-7-5-25(13-44)29(11-27)34(38,39)40,28-8-6-26(14-45)30(12-28)35(41,42)43)22(2)17-49(21)33(51)48(18-23-3-9-31(36)46-15-23)19-24-4-10-32(37)47-16-24/h3-12,15-16,21-22H,17-20H2,1-2H3/q+1/t21-,22+/m1/s1. The van der Waals surface area contributed by atoms with E-state index in [2.05, 4.69) is 9.97 Å². The van der Waals surface area contributed by atoms with E-state index < -0.39 is 57.2 Å². The van der Waals surface area contributed by atoms with Crippen molar-refractivity contribution >= 4 is 40.6 Å². The molecule has 4 aromatic rings. The van der Waals surface area contributed by atoms with Crippen LogP contribution >= 0.6 is 23.2 Å². The zero-order chi connectivity index (χ0) is 37.3. The maximum atomic E-state index is 14.4. The van der Waals surface area contributed by atoms with Gasteiger partial charge in [-0.2, -0.15) is 36.9 Å². The number of aromatic nitrogens is 2. The fraction of sp³-hybridized carbons (Fsp3) is 0.286. The summed E-state index contributed by atoms with van der Waals surface area (Å²) in [5, 5.41) is 19.4. The van der Waals surface area contributed by atoms with Gasteiger partial charge in [0.05, 0.1) is 47.0 Å². The molecule has 1 fully saturated rings. The van der Waals surface area contributed by atoms with E-state index in [1.165, 1.54) is 46.5 Å². The summed E-state index contributed by atoms with van der Waals surface area (Å²) in [6.07, 6.45) is -6.88. The van der Waals surface area contributed by atoms with Crippen LogP contribution < -0.4 is 4.48 Å². The van der Waals surface area contributed by atoms with Gasteiger partial charge in [-0.05, 0) is 49.2 Å². The molecule has 0 radical (unpaired) electrons. The van der Waals surface area contributed by atoms with Gasteiger partial charge < -0.3 is 9.80 Å². The molecule has 8 nitrogen and oxygen atoms in total. The summed E-state index contributed by atoms with van der Waals surface area (Å²) in [7, 11) is 0. The molecule has 0 unspecified atom stereocenters. The van der Waals surface area contributed by atoms with Gasteiger partial charge >= 0.3 is 18.4 Å². The van der Waals surface area contributed by atoms with Gasteiger partial charge in [-0.15, -0.1) is 0 Å². The molecule has 0 bridgehead atoms.